The van der Waals surface area contributed by atoms with Gasteiger partial charge in [0.05, 0.1) is 17.6 Å². The maximum absolute atomic E-state index is 11.8. The van der Waals surface area contributed by atoms with Crippen LogP contribution in [0.3, 0.4) is 0 Å². The highest BCUT2D eigenvalue weighted by molar-refractivity contribution is 7.92. The predicted molar refractivity (Wildman–Crippen MR) is 93.7 cm³/mol. The third kappa shape index (κ3) is 3.32. The van der Waals surface area contributed by atoms with E-state index in [1.54, 1.807) is 12.3 Å². The fraction of sp³-hybridized carbons (Fsp3) is 0.353. The zero-order valence-corrected chi connectivity index (χ0v) is 14.2. The van der Waals surface area contributed by atoms with Gasteiger partial charge in [-0.1, -0.05) is 25.1 Å². The Labute approximate surface area is 137 Å². The van der Waals surface area contributed by atoms with Crippen molar-refractivity contribution in [3.05, 3.63) is 48.2 Å². The van der Waals surface area contributed by atoms with Crippen LogP contribution in [0.2, 0.25) is 0 Å². The number of rotatable bonds is 5. The molecule has 1 aliphatic rings. The SMILES string of the molecule is CCCS(=O)(=O)Nc1ccc(N2c3ccccc3CC2C)nc1. The summed E-state index contributed by atoms with van der Waals surface area (Å²) in [5.41, 5.74) is 2.99. The van der Waals surface area contributed by atoms with Crippen molar-refractivity contribution in [3.8, 4) is 0 Å². The number of benzene rings is 1. The minimum Gasteiger partial charge on any atom is -0.323 e. The van der Waals surface area contributed by atoms with Gasteiger partial charge in [0, 0.05) is 11.7 Å². The first kappa shape index (κ1) is 15.8. The molecule has 6 heteroatoms. The van der Waals surface area contributed by atoms with Crippen LogP contribution < -0.4 is 9.62 Å². The Hall–Kier alpha value is -2.08. The van der Waals surface area contributed by atoms with Crippen LogP contribution in [0.5, 0.6) is 0 Å². The average Bonchev–Trinajstić information content (AvgIpc) is 2.83. The number of aromatic nitrogens is 1. The lowest BCUT2D eigenvalue weighted by molar-refractivity contribution is 0.600. The molecule has 0 amide bonds. The number of hydrogen-bond donors (Lipinski definition) is 1. The highest BCUT2D eigenvalue weighted by Crippen LogP contribution is 2.37. The third-order valence-corrected chi connectivity index (χ3v) is 5.44. The van der Waals surface area contributed by atoms with E-state index in [0.717, 1.165) is 12.2 Å². The van der Waals surface area contributed by atoms with Crippen LogP contribution in [0.4, 0.5) is 17.2 Å². The number of fused-ring (bicyclic) bond motifs is 1. The van der Waals surface area contributed by atoms with Gasteiger partial charge in [-0.05, 0) is 43.5 Å². The first-order valence-electron chi connectivity index (χ1n) is 7.84. The van der Waals surface area contributed by atoms with Crippen LogP contribution >= 0.6 is 0 Å². The lowest BCUT2D eigenvalue weighted by Gasteiger charge is -2.24. The molecular formula is C17H21N3O2S. The molecule has 2 heterocycles. The number of nitrogens with zero attached hydrogens (tertiary/aromatic N) is 2. The smallest absolute Gasteiger partial charge is 0.232 e. The summed E-state index contributed by atoms with van der Waals surface area (Å²) in [5.74, 6) is 0.951. The number of anilines is 3. The summed E-state index contributed by atoms with van der Waals surface area (Å²) < 4.78 is 26.2. The molecular weight excluding hydrogens is 310 g/mol. The first-order chi connectivity index (χ1) is 11.0. The molecule has 0 fully saturated rings. The zero-order valence-electron chi connectivity index (χ0n) is 13.4. The van der Waals surface area contributed by atoms with Crippen molar-refractivity contribution < 1.29 is 8.42 Å². The summed E-state index contributed by atoms with van der Waals surface area (Å²) in [4.78, 5) is 6.65. The fourth-order valence-electron chi connectivity index (χ4n) is 3.00. The number of sulfonamides is 1. The summed E-state index contributed by atoms with van der Waals surface area (Å²) in [6, 6.07) is 12.3. The summed E-state index contributed by atoms with van der Waals surface area (Å²) >= 11 is 0. The second kappa shape index (κ2) is 6.20. The van der Waals surface area contributed by atoms with E-state index in [-0.39, 0.29) is 5.75 Å². The molecule has 1 aromatic carbocycles. The molecule has 1 aromatic heterocycles. The predicted octanol–water partition coefficient (Wildman–Crippen LogP) is 3.32. The van der Waals surface area contributed by atoms with E-state index in [1.807, 2.05) is 25.1 Å². The van der Waals surface area contributed by atoms with Crippen LogP contribution in [0.15, 0.2) is 42.6 Å². The highest BCUT2D eigenvalue weighted by Gasteiger charge is 2.27. The van der Waals surface area contributed by atoms with Gasteiger partial charge < -0.3 is 4.90 Å². The van der Waals surface area contributed by atoms with E-state index < -0.39 is 10.0 Å². The second-order valence-corrected chi connectivity index (χ2v) is 7.72. The second-order valence-electron chi connectivity index (χ2n) is 5.88. The molecule has 1 N–H and O–H groups in total. The topological polar surface area (TPSA) is 62.3 Å². The minimum absolute atomic E-state index is 0.116. The first-order valence-corrected chi connectivity index (χ1v) is 9.49. The van der Waals surface area contributed by atoms with Gasteiger partial charge in [0.15, 0.2) is 0 Å². The Morgan fingerprint density at radius 1 is 1.26 bits per heavy atom. The minimum atomic E-state index is -3.28. The fourth-order valence-corrected chi connectivity index (χ4v) is 4.12. The van der Waals surface area contributed by atoms with Crippen molar-refractivity contribution in [2.45, 2.75) is 32.7 Å². The van der Waals surface area contributed by atoms with Crippen molar-refractivity contribution in [2.75, 3.05) is 15.4 Å². The zero-order chi connectivity index (χ0) is 16.4. The van der Waals surface area contributed by atoms with Crippen molar-refractivity contribution in [1.29, 1.82) is 0 Å². The average molecular weight is 331 g/mol. The maximum Gasteiger partial charge on any atom is 0.232 e. The molecule has 0 bridgehead atoms. The Kier molecular flexibility index (Phi) is 4.26. The summed E-state index contributed by atoms with van der Waals surface area (Å²) in [7, 11) is -3.28. The highest BCUT2D eigenvalue weighted by atomic mass is 32.2. The van der Waals surface area contributed by atoms with Crippen molar-refractivity contribution in [2.24, 2.45) is 0 Å². The molecule has 1 aliphatic heterocycles. The summed E-state index contributed by atoms with van der Waals surface area (Å²) in [6.45, 7) is 4.01. The molecule has 3 rings (SSSR count). The van der Waals surface area contributed by atoms with Crippen LogP contribution in [0, 0.1) is 0 Å². The van der Waals surface area contributed by atoms with Crippen molar-refractivity contribution in [3.63, 3.8) is 0 Å². The lowest BCUT2D eigenvalue weighted by atomic mass is 10.1. The van der Waals surface area contributed by atoms with E-state index >= 15 is 0 Å². The van der Waals surface area contributed by atoms with E-state index in [1.165, 1.54) is 11.3 Å². The Balaban J connectivity index is 1.83. The van der Waals surface area contributed by atoms with Crippen LogP contribution in [0.25, 0.3) is 0 Å². The standard InChI is InChI=1S/C17H21N3O2S/c1-3-10-23(21,22)19-15-8-9-17(18-12-15)20-13(2)11-14-6-4-5-7-16(14)20/h4-9,12-13,19H,3,10-11H2,1-2H3. The number of pyridine rings is 1. The molecule has 0 radical (unpaired) electrons. The molecule has 1 atom stereocenters. The van der Waals surface area contributed by atoms with Gasteiger partial charge in [-0.25, -0.2) is 13.4 Å². The van der Waals surface area contributed by atoms with Gasteiger partial charge in [0.2, 0.25) is 10.0 Å². The maximum atomic E-state index is 11.8. The van der Waals surface area contributed by atoms with Crippen LogP contribution in [-0.2, 0) is 16.4 Å². The Morgan fingerprint density at radius 3 is 2.74 bits per heavy atom. The van der Waals surface area contributed by atoms with Crippen LogP contribution in [-0.4, -0.2) is 25.2 Å². The molecule has 1 unspecified atom stereocenters. The summed E-state index contributed by atoms with van der Waals surface area (Å²) in [6.07, 6.45) is 3.15. The van der Waals surface area contributed by atoms with Gasteiger partial charge in [0.25, 0.3) is 0 Å². The molecule has 0 saturated carbocycles. The molecule has 0 spiro atoms. The van der Waals surface area contributed by atoms with E-state index in [4.69, 9.17) is 0 Å². The van der Waals surface area contributed by atoms with Crippen LogP contribution in [0.1, 0.15) is 25.8 Å². The number of hydrogen-bond acceptors (Lipinski definition) is 4. The van der Waals surface area contributed by atoms with Gasteiger partial charge in [-0.15, -0.1) is 0 Å². The van der Waals surface area contributed by atoms with E-state index in [0.29, 0.717) is 18.2 Å². The normalized spacial score (nSPS) is 17.1. The Morgan fingerprint density at radius 2 is 2.04 bits per heavy atom. The Bertz CT molecular complexity index is 788. The monoisotopic (exact) mass is 331 g/mol. The lowest BCUT2D eigenvalue weighted by Crippen LogP contribution is -2.24. The van der Waals surface area contributed by atoms with Gasteiger partial charge in [-0.3, -0.25) is 4.72 Å². The molecule has 2 aromatic rings. The van der Waals surface area contributed by atoms with E-state index in [9.17, 15) is 8.42 Å². The molecule has 0 saturated heterocycles. The number of nitrogens with one attached hydrogen (secondary N) is 1. The van der Waals surface area contributed by atoms with Crippen molar-refractivity contribution >= 4 is 27.2 Å². The quantitative estimate of drug-likeness (QED) is 0.913. The molecule has 23 heavy (non-hydrogen) atoms. The summed E-state index contributed by atoms with van der Waals surface area (Å²) in [5, 5.41) is 0. The third-order valence-electron chi connectivity index (χ3n) is 3.95. The molecule has 5 nitrogen and oxygen atoms in total. The van der Waals surface area contributed by atoms with E-state index in [2.05, 4.69) is 33.7 Å². The largest absolute Gasteiger partial charge is 0.323 e. The van der Waals surface area contributed by atoms with Gasteiger partial charge in [0.1, 0.15) is 5.82 Å². The van der Waals surface area contributed by atoms with Crippen molar-refractivity contribution in [1.82, 2.24) is 4.98 Å². The number of para-hydroxylation sites is 1. The molecule has 0 aliphatic carbocycles. The van der Waals surface area contributed by atoms with Gasteiger partial charge in [-0.2, -0.15) is 0 Å². The molecule has 122 valence electrons. The van der Waals surface area contributed by atoms with Gasteiger partial charge >= 0.3 is 0 Å².